The van der Waals surface area contributed by atoms with E-state index >= 15 is 0 Å². The lowest BCUT2D eigenvalue weighted by molar-refractivity contribution is 1.07. The molecule has 11 aromatic carbocycles. The molecule has 0 spiro atoms. The van der Waals surface area contributed by atoms with Crippen LogP contribution in [0.2, 0.25) is 0 Å². The fourth-order valence-corrected chi connectivity index (χ4v) is 9.72. The van der Waals surface area contributed by atoms with Crippen molar-refractivity contribution >= 4 is 86.4 Å². The van der Waals surface area contributed by atoms with Crippen molar-refractivity contribution in [3.05, 3.63) is 194 Å². The van der Waals surface area contributed by atoms with Gasteiger partial charge < -0.3 is 4.57 Å². The summed E-state index contributed by atoms with van der Waals surface area (Å²) < 4.78 is 2.34. The van der Waals surface area contributed by atoms with Gasteiger partial charge in [0.25, 0.3) is 0 Å². The lowest BCUT2D eigenvalue weighted by Crippen LogP contribution is -2.01. The first-order chi connectivity index (χ1) is 29.2. The van der Waals surface area contributed by atoms with E-state index in [-0.39, 0.29) is 0 Å². The van der Waals surface area contributed by atoms with Gasteiger partial charge in [-0.3, -0.25) is 0 Å². The quantitative estimate of drug-likeness (QED) is 0.168. The van der Waals surface area contributed by atoms with Gasteiger partial charge in [0.1, 0.15) is 0 Å². The second-order valence-corrected chi connectivity index (χ2v) is 15.6. The highest BCUT2D eigenvalue weighted by Crippen LogP contribution is 2.44. The number of benzene rings is 10. The minimum atomic E-state index is 0.631. The Kier molecular flexibility index (Phi) is 6.69. The van der Waals surface area contributed by atoms with Crippen LogP contribution >= 0.6 is 0 Å². The fourth-order valence-electron chi connectivity index (χ4n) is 9.72. The molecule has 59 heavy (non-hydrogen) atoms. The average Bonchev–Trinajstić information content (AvgIpc) is 3.64. The Morgan fingerprint density at radius 1 is 0.271 bits per heavy atom. The Morgan fingerprint density at radius 2 is 0.695 bits per heavy atom. The summed E-state index contributed by atoms with van der Waals surface area (Å²) in [6.07, 6.45) is 0. The minimum absolute atomic E-state index is 0.631. The molecule has 0 amide bonds. The summed E-state index contributed by atoms with van der Waals surface area (Å²) in [5.74, 6) is 1.91. The highest BCUT2D eigenvalue weighted by Gasteiger charge is 2.19. The predicted molar refractivity (Wildman–Crippen MR) is 247 cm³/mol. The third kappa shape index (κ3) is 4.75. The molecule has 0 saturated carbocycles. The molecule has 2 aromatic heterocycles. The van der Waals surface area contributed by atoms with Gasteiger partial charge in [-0.1, -0.05) is 146 Å². The molecule has 0 radical (unpaired) electrons. The van der Waals surface area contributed by atoms with Crippen LogP contribution in [-0.4, -0.2) is 19.5 Å². The summed E-state index contributed by atoms with van der Waals surface area (Å²) in [5.41, 5.74) is 6.26. The van der Waals surface area contributed by atoms with Crippen molar-refractivity contribution in [1.29, 1.82) is 0 Å². The molecule has 0 saturated heterocycles. The molecule has 0 aliphatic heterocycles. The van der Waals surface area contributed by atoms with Crippen molar-refractivity contribution in [2.45, 2.75) is 0 Å². The van der Waals surface area contributed by atoms with Gasteiger partial charge in [0.2, 0.25) is 0 Å². The Labute approximate surface area is 338 Å². The molecular formula is C55H32N4. The third-order valence-electron chi connectivity index (χ3n) is 12.3. The first-order valence-electron chi connectivity index (χ1n) is 20.1. The van der Waals surface area contributed by atoms with Gasteiger partial charge in [-0.15, -0.1) is 0 Å². The molecule has 2 heterocycles. The van der Waals surface area contributed by atoms with Crippen LogP contribution in [-0.2, 0) is 0 Å². The summed E-state index contributed by atoms with van der Waals surface area (Å²) in [6.45, 7) is 0. The van der Waals surface area contributed by atoms with Crippen molar-refractivity contribution in [2.75, 3.05) is 0 Å². The SMILES string of the molecule is c1ccc(-c2nc(-c3ccc(-n4c5ccccc5c5ccccc54)cc3)nc(-c3cc4ccc5cccc6c7cccc8ccc9cccc(c(c3)c4c56)c9c87)n2)cc1. The zero-order valence-electron chi connectivity index (χ0n) is 31.8. The molecule has 0 bridgehead atoms. The van der Waals surface area contributed by atoms with Gasteiger partial charge in [-0.05, 0) is 113 Å². The van der Waals surface area contributed by atoms with Gasteiger partial charge in [0.05, 0.1) is 11.0 Å². The molecule has 0 fully saturated rings. The Morgan fingerprint density at radius 3 is 1.25 bits per heavy atom. The molecular weight excluding hydrogens is 717 g/mol. The van der Waals surface area contributed by atoms with E-state index in [0.29, 0.717) is 17.5 Å². The number of fused-ring (bicyclic) bond motifs is 5. The molecule has 13 rings (SSSR count). The average molecular weight is 749 g/mol. The largest absolute Gasteiger partial charge is 0.309 e. The molecule has 0 N–H and O–H groups in total. The molecule has 4 heteroatoms. The number of aromatic nitrogens is 4. The van der Waals surface area contributed by atoms with Crippen molar-refractivity contribution < 1.29 is 0 Å². The van der Waals surface area contributed by atoms with E-state index in [4.69, 9.17) is 15.0 Å². The van der Waals surface area contributed by atoms with Crippen LogP contribution in [0.25, 0.3) is 126 Å². The maximum Gasteiger partial charge on any atom is 0.164 e. The lowest BCUT2D eigenvalue weighted by atomic mass is 9.87. The second kappa shape index (κ2) is 12.3. The first-order valence-corrected chi connectivity index (χ1v) is 20.1. The maximum absolute atomic E-state index is 5.29. The number of rotatable bonds is 4. The van der Waals surface area contributed by atoms with Crippen LogP contribution in [0.15, 0.2) is 194 Å². The van der Waals surface area contributed by atoms with Gasteiger partial charge in [-0.2, -0.15) is 0 Å². The molecule has 0 unspecified atom stereocenters. The standard InChI is InChI=1S/C55H32N4/c1-2-11-36(12-3-1)53-56-54(37-27-29-40(30-28-37)59-47-21-6-4-16-41(47)42-17-5-7-22-48(42)59)58-55(57-53)39-31-38-26-25-35-14-9-19-44-43-18-8-13-33-23-24-34-15-10-20-45(51(34)49(33)43)46(32-39)52(38)50(35)44/h1-32H. The highest BCUT2D eigenvalue weighted by atomic mass is 15.0. The van der Waals surface area contributed by atoms with E-state index in [1.165, 1.54) is 81.1 Å². The summed E-state index contributed by atoms with van der Waals surface area (Å²) in [5, 5.41) is 17.3. The molecule has 272 valence electrons. The Balaban J connectivity index is 1.07. The van der Waals surface area contributed by atoms with E-state index in [0.717, 1.165) is 27.8 Å². The summed E-state index contributed by atoms with van der Waals surface area (Å²) >= 11 is 0. The lowest BCUT2D eigenvalue weighted by Gasteiger charge is -2.17. The number of nitrogens with zero attached hydrogens (tertiary/aromatic N) is 4. The van der Waals surface area contributed by atoms with Crippen molar-refractivity contribution in [1.82, 2.24) is 19.5 Å². The second-order valence-electron chi connectivity index (χ2n) is 15.6. The van der Waals surface area contributed by atoms with E-state index < -0.39 is 0 Å². The van der Waals surface area contributed by atoms with Crippen molar-refractivity contribution in [2.24, 2.45) is 0 Å². The number of hydrogen-bond donors (Lipinski definition) is 0. The molecule has 0 atom stereocenters. The topological polar surface area (TPSA) is 43.6 Å². The third-order valence-corrected chi connectivity index (χ3v) is 12.3. The van der Waals surface area contributed by atoms with Crippen LogP contribution in [0.3, 0.4) is 0 Å². The normalized spacial score (nSPS) is 12.1. The summed E-state index contributed by atoms with van der Waals surface area (Å²) in [7, 11) is 0. The van der Waals surface area contributed by atoms with Crippen molar-refractivity contribution in [3.63, 3.8) is 0 Å². The van der Waals surface area contributed by atoms with Gasteiger partial charge in [0, 0.05) is 33.2 Å². The van der Waals surface area contributed by atoms with Crippen LogP contribution in [0.4, 0.5) is 0 Å². The van der Waals surface area contributed by atoms with Gasteiger partial charge in [-0.25, -0.2) is 15.0 Å². The van der Waals surface area contributed by atoms with Crippen LogP contribution in [0, 0.1) is 0 Å². The molecule has 0 aliphatic carbocycles. The van der Waals surface area contributed by atoms with E-state index in [1.54, 1.807) is 0 Å². The monoisotopic (exact) mass is 748 g/mol. The van der Waals surface area contributed by atoms with E-state index in [1.807, 2.05) is 18.2 Å². The molecule has 0 aliphatic rings. The smallest absolute Gasteiger partial charge is 0.164 e. The number of hydrogen-bond acceptors (Lipinski definition) is 3. The molecule has 13 aromatic rings. The Bertz CT molecular complexity index is 3770. The van der Waals surface area contributed by atoms with Crippen LogP contribution < -0.4 is 0 Å². The van der Waals surface area contributed by atoms with Crippen molar-refractivity contribution in [3.8, 4) is 39.9 Å². The Hall–Kier alpha value is -7.95. The number of para-hydroxylation sites is 2. The highest BCUT2D eigenvalue weighted by molar-refractivity contribution is 6.37. The zero-order valence-corrected chi connectivity index (χ0v) is 31.8. The van der Waals surface area contributed by atoms with Crippen LogP contribution in [0.1, 0.15) is 0 Å². The summed E-state index contributed by atoms with van der Waals surface area (Å²) in [4.78, 5) is 15.6. The first kappa shape index (κ1) is 32.2. The molecule has 4 nitrogen and oxygen atoms in total. The van der Waals surface area contributed by atoms with Crippen LogP contribution in [0.5, 0.6) is 0 Å². The fraction of sp³-hybridized carbons (Fsp3) is 0. The zero-order chi connectivity index (χ0) is 38.6. The summed E-state index contributed by atoms with van der Waals surface area (Å²) in [6, 6.07) is 69.8. The van der Waals surface area contributed by atoms with E-state index in [2.05, 4.69) is 180 Å². The van der Waals surface area contributed by atoms with E-state index in [9.17, 15) is 0 Å². The minimum Gasteiger partial charge on any atom is -0.309 e. The predicted octanol–water partition coefficient (Wildman–Crippen LogP) is 14.3. The maximum atomic E-state index is 5.29. The van der Waals surface area contributed by atoms with Gasteiger partial charge >= 0.3 is 0 Å². The van der Waals surface area contributed by atoms with Gasteiger partial charge in [0.15, 0.2) is 17.5 Å².